The molecule has 1 fully saturated rings. The van der Waals surface area contributed by atoms with Gasteiger partial charge in [-0.15, -0.1) is 0 Å². The van der Waals surface area contributed by atoms with Crippen LogP contribution in [0, 0.1) is 11.6 Å². The molecule has 0 bridgehead atoms. The zero-order valence-electron chi connectivity index (χ0n) is 9.98. The SMILES string of the molecule is NCC1(c2c(O)c(F)cc(Cl)c2F)CCCCC1. The summed E-state index contributed by atoms with van der Waals surface area (Å²) in [4.78, 5) is 0. The lowest BCUT2D eigenvalue weighted by molar-refractivity contribution is 0.277. The number of phenols is 1. The van der Waals surface area contributed by atoms with Gasteiger partial charge < -0.3 is 10.8 Å². The van der Waals surface area contributed by atoms with E-state index < -0.39 is 22.8 Å². The monoisotopic (exact) mass is 275 g/mol. The molecule has 2 nitrogen and oxygen atoms in total. The third kappa shape index (κ3) is 2.08. The standard InChI is InChI=1S/C13H16ClF2NO/c14-8-6-9(15)12(18)10(11(8)16)13(7-17)4-2-1-3-5-13/h6,18H,1-5,7,17H2. The van der Waals surface area contributed by atoms with Crippen molar-refractivity contribution >= 4 is 11.6 Å². The van der Waals surface area contributed by atoms with Crippen LogP contribution in [0.2, 0.25) is 5.02 Å². The van der Waals surface area contributed by atoms with E-state index in [9.17, 15) is 13.9 Å². The van der Waals surface area contributed by atoms with E-state index in [1.165, 1.54) is 0 Å². The van der Waals surface area contributed by atoms with Gasteiger partial charge in [-0.05, 0) is 18.9 Å². The Kier molecular flexibility index (Phi) is 3.78. The van der Waals surface area contributed by atoms with Gasteiger partial charge in [0.15, 0.2) is 11.6 Å². The van der Waals surface area contributed by atoms with Crippen LogP contribution in [-0.2, 0) is 5.41 Å². The molecular weight excluding hydrogens is 260 g/mol. The zero-order valence-corrected chi connectivity index (χ0v) is 10.7. The fraction of sp³-hybridized carbons (Fsp3) is 0.538. The molecule has 0 unspecified atom stereocenters. The number of benzene rings is 1. The Labute approximate surface area is 110 Å². The van der Waals surface area contributed by atoms with Crippen molar-refractivity contribution in [1.82, 2.24) is 0 Å². The molecule has 0 aliphatic heterocycles. The fourth-order valence-electron chi connectivity index (χ4n) is 2.85. The summed E-state index contributed by atoms with van der Waals surface area (Å²) in [5, 5.41) is 9.52. The molecular formula is C13H16ClF2NO. The Morgan fingerprint density at radius 1 is 1.28 bits per heavy atom. The quantitative estimate of drug-likeness (QED) is 0.812. The molecule has 0 atom stereocenters. The number of hydrogen-bond acceptors (Lipinski definition) is 2. The minimum Gasteiger partial charge on any atom is -0.505 e. The van der Waals surface area contributed by atoms with Gasteiger partial charge in [-0.25, -0.2) is 8.78 Å². The van der Waals surface area contributed by atoms with Crippen molar-refractivity contribution in [3.63, 3.8) is 0 Å². The van der Waals surface area contributed by atoms with E-state index in [1.54, 1.807) is 0 Å². The number of nitrogens with two attached hydrogens (primary N) is 1. The predicted molar refractivity (Wildman–Crippen MR) is 66.9 cm³/mol. The van der Waals surface area contributed by atoms with Crippen molar-refractivity contribution in [3.05, 3.63) is 28.3 Å². The molecule has 1 aromatic carbocycles. The van der Waals surface area contributed by atoms with Gasteiger partial charge in [0.2, 0.25) is 0 Å². The van der Waals surface area contributed by atoms with Crippen LogP contribution in [0.15, 0.2) is 6.07 Å². The van der Waals surface area contributed by atoms with E-state index in [4.69, 9.17) is 17.3 Å². The number of halogens is 3. The highest BCUT2D eigenvalue weighted by molar-refractivity contribution is 6.30. The smallest absolute Gasteiger partial charge is 0.166 e. The van der Waals surface area contributed by atoms with Gasteiger partial charge in [0, 0.05) is 17.5 Å². The van der Waals surface area contributed by atoms with Crippen LogP contribution in [0.5, 0.6) is 5.75 Å². The number of rotatable bonds is 2. The van der Waals surface area contributed by atoms with E-state index in [0.717, 1.165) is 25.3 Å². The molecule has 18 heavy (non-hydrogen) atoms. The first-order valence-corrected chi connectivity index (χ1v) is 6.46. The first-order chi connectivity index (χ1) is 8.52. The highest BCUT2D eigenvalue weighted by Gasteiger charge is 2.39. The lowest BCUT2D eigenvalue weighted by Crippen LogP contribution is -2.38. The third-order valence-electron chi connectivity index (χ3n) is 3.88. The van der Waals surface area contributed by atoms with Crippen LogP contribution >= 0.6 is 11.6 Å². The Morgan fingerprint density at radius 2 is 1.89 bits per heavy atom. The van der Waals surface area contributed by atoms with Crippen LogP contribution in [0.4, 0.5) is 8.78 Å². The lowest BCUT2D eigenvalue weighted by atomic mass is 9.69. The molecule has 0 saturated heterocycles. The summed E-state index contributed by atoms with van der Waals surface area (Å²) in [5.41, 5.74) is 5.02. The summed E-state index contributed by atoms with van der Waals surface area (Å²) in [5.74, 6) is -2.29. The molecule has 0 aromatic heterocycles. The normalized spacial score (nSPS) is 18.9. The van der Waals surface area contributed by atoms with E-state index in [0.29, 0.717) is 12.8 Å². The molecule has 3 N–H and O–H groups in total. The highest BCUT2D eigenvalue weighted by Crippen LogP contribution is 2.45. The Bertz CT molecular complexity index is 433. The van der Waals surface area contributed by atoms with Crippen LogP contribution in [-0.4, -0.2) is 11.7 Å². The van der Waals surface area contributed by atoms with Crippen molar-refractivity contribution in [1.29, 1.82) is 0 Å². The van der Waals surface area contributed by atoms with Crippen LogP contribution in [0.3, 0.4) is 0 Å². The summed E-state index contributed by atoms with van der Waals surface area (Å²) in [6.45, 7) is 0.178. The number of phenolic OH excluding ortho intramolecular Hbond substituents is 1. The van der Waals surface area contributed by atoms with E-state index in [1.807, 2.05) is 0 Å². The largest absolute Gasteiger partial charge is 0.505 e. The third-order valence-corrected chi connectivity index (χ3v) is 4.15. The summed E-state index contributed by atoms with van der Waals surface area (Å²) < 4.78 is 27.7. The second-order valence-corrected chi connectivity index (χ2v) is 5.33. The second kappa shape index (κ2) is 5.02. The fourth-order valence-corrected chi connectivity index (χ4v) is 3.04. The van der Waals surface area contributed by atoms with Crippen molar-refractivity contribution in [2.75, 3.05) is 6.54 Å². The molecule has 0 radical (unpaired) electrons. The average Bonchev–Trinajstić information content (AvgIpc) is 2.38. The number of hydrogen-bond donors (Lipinski definition) is 2. The van der Waals surface area contributed by atoms with Crippen molar-refractivity contribution < 1.29 is 13.9 Å². The highest BCUT2D eigenvalue weighted by atomic mass is 35.5. The Morgan fingerprint density at radius 3 is 2.44 bits per heavy atom. The first kappa shape index (κ1) is 13.6. The van der Waals surface area contributed by atoms with Gasteiger partial charge in [-0.2, -0.15) is 0 Å². The zero-order chi connectivity index (χ0) is 13.3. The predicted octanol–water partition coefficient (Wildman–Crippen LogP) is 3.48. The summed E-state index contributed by atoms with van der Waals surface area (Å²) >= 11 is 5.66. The molecule has 1 saturated carbocycles. The van der Waals surface area contributed by atoms with Crippen molar-refractivity contribution in [3.8, 4) is 5.75 Å². The average molecular weight is 276 g/mol. The van der Waals surface area contributed by atoms with Crippen molar-refractivity contribution in [2.24, 2.45) is 5.73 Å². The maximum Gasteiger partial charge on any atom is 0.166 e. The Balaban J connectivity index is 2.61. The van der Waals surface area contributed by atoms with E-state index in [2.05, 4.69) is 0 Å². The van der Waals surface area contributed by atoms with Gasteiger partial charge >= 0.3 is 0 Å². The molecule has 1 aliphatic rings. The van der Waals surface area contributed by atoms with Gasteiger partial charge in [0.05, 0.1) is 5.02 Å². The molecule has 1 aliphatic carbocycles. The van der Waals surface area contributed by atoms with Gasteiger partial charge in [0.25, 0.3) is 0 Å². The van der Waals surface area contributed by atoms with Gasteiger partial charge in [-0.1, -0.05) is 30.9 Å². The van der Waals surface area contributed by atoms with Gasteiger partial charge in [-0.3, -0.25) is 0 Å². The number of aromatic hydroxyl groups is 1. The summed E-state index contributed by atoms with van der Waals surface area (Å²) in [7, 11) is 0. The molecule has 2 rings (SSSR count). The lowest BCUT2D eigenvalue weighted by Gasteiger charge is -2.37. The van der Waals surface area contributed by atoms with Gasteiger partial charge in [0.1, 0.15) is 5.82 Å². The first-order valence-electron chi connectivity index (χ1n) is 6.09. The summed E-state index contributed by atoms with van der Waals surface area (Å²) in [6, 6.07) is 0.794. The van der Waals surface area contributed by atoms with Crippen LogP contribution in [0.1, 0.15) is 37.7 Å². The summed E-state index contributed by atoms with van der Waals surface area (Å²) in [6.07, 6.45) is 4.13. The molecule has 1 aromatic rings. The van der Waals surface area contributed by atoms with Crippen LogP contribution in [0.25, 0.3) is 0 Å². The molecule has 5 heteroatoms. The maximum absolute atomic E-state index is 14.1. The van der Waals surface area contributed by atoms with E-state index in [-0.39, 0.29) is 17.1 Å². The molecule has 0 spiro atoms. The maximum atomic E-state index is 14.1. The van der Waals surface area contributed by atoms with Crippen molar-refractivity contribution in [2.45, 2.75) is 37.5 Å². The second-order valence-electron chi connectivity index (χ2n) is 4.92. The Hall–Kier alpha value is -0.870. The molecule has 0 amide bonds. The minimum absolute atomic E-state index is 0.0466. The molecule has 100 valence electrons. The molecule has 0 heterocycles. The topological polar surface area (TPSA) is 46.2 Å². The van der Waals surface area contributed by atoms with Crippen LogP contribution < -0.4 is 5.73 Å². The minimum atomic E-state index is -0.894. The van der Waals surface area contributed by atoms with E-state index >= 15 is 0 Å².